The summed E-state index contributed by atoms with van der Waals surface area (Å²) in [6, 6.07) is -0.545. The van der Waals surface area contributed by atoms with Crippen LogP contribution in [0.15, 0.2) is 48.6 Å². The van der Waals surface area contributed by atoms with Crippen molar-refractivity contribution in [3.05, 3.63) is 48.6 Å². The highest BCUT2D eigenvalue weighted by Crippen LogP contribution is 2.19. The largest absolute Gasteiger partial charge is 0.466 e. The van der Waals surface area contributed by atoms with Gasteiger partial charge in [0.05, 0.1) is 25.4 Å². The zero-order valence-corrected chi connectivity index (χ0v) is 58.1. The van der Waals surface area contributed by atoms with Crippen LogP contribution in [0.1, 0.15) is 425 Å². The molecule has 506 valence electrons. The van der Waals surface area contributed by atoms with Crippen molar-refractivity contribution < 1.29 is 24.5 Å². The Balaban J connectivity index is 3.41. The molecular formula is C80H151NO5. The average molecular weight is 1210 g/mol. The van der Waals surface area contributed by atoms with Gasteiger partial charge in [0.15, 0.2) is 0 Å². The molecule has 0 saturated carbocycles. The molecule has 0 aliphatic rings. The van der Waals surface area contributed by atoms with Crippen LogP contribution in [0.4, 0.5) is 0 Å². The fourth-order valence-corrected chi connectivity index (χ4v) is 12.2. The van der Waals surface area contributed by atoms with Crippen LogP contribution in [0.2, 0.25) is 0 Å². The summed E-state index contributed by atoms with van der Waals surface area (Å²) in [6.45, 7) is 4.96. The minimum absolute atomic E-state index is 0.000964. The molecule has 0 spiro atoms. The van der Waals surface area contributed by atoms with Crippen LogP contribution in [-0.4, -0.2) is 47.4 Å². The maximum absolute atomic E-state index is 12.6. The van der Waals surface area contributed by atoms with Crippen molar-refractivity contribution in [1.82, 2.24) is 5.32 Å². The third-order valence-electron chi connectivity index (χ3n) is 18.1. The number of esters is 1. The van der Waals surface area contributed by atoms with Crippen molar-refractivity contribution in [2.75, 3.05) is 13.2 Å². The highest BCUT2D eigenvalue weighted by atomic mass is 16.5. The number of carbonyl (C=O) groups is 2. The zero-order chi connectivity index (χ0) is 62.0. The van der Waals surface area contributed by atoms with E-state index in [4.69, 9.17) is 4.74 Å². The standard InChI is InChI=1S/C80H151NO5/c1-3-5-7-9-11-13-15-17-19-21-22-23-24-32-35-38-41-44-48-52-56-60-64-68-72-78(83)77(76-82)81-79(84)73-69-65-61-57-53-49-45-42-39-36-33-30-28-26-25-27-29-31-34-37-40-43-47-51-55-59-63-67-71-75-86-80(85)74-70-66-62-58-54-50-46-20-18-16-14-12-10-8-6-4-2/h14,16,20,25,27,31,34,46,77-78,82-83H,3-13,15,17-19,21-24,26,28-30,32-33,35-45,47-76H2,1-2H3,(H,81,84)/b16-14-,27-25-,34-31-,46-20-. The number of allylic oxidation sites excluding steroid dienone is 8. The monoisotopic (exact) mass is 1210 g/mol. The number of rotatable bonds is 73. The van der Waals surface area contributed by atoms with Gasteiger partial charge in [-0.05, 0) is 89.9 Å². The average Bonchev–Trinajstić information content (AvgIpc) is 3.53. The van der Waals surface area contributed by atoms with E-state index in [0.717, 1.165) is 57.8 Å². The molecule has 0 aliphatic heterocycles. The summed E-state index contributed by atoms with van der Waals surface area (Å²) in [4.78, 5) is 24.7. The number of amides is 1. The van der Waals surface area contributed by atoms with Crippen molar-refractivity contribution in [2.24, 2.45) is 0 Å². The molecule has 0 radical (unpaired) electrons. The number of aliphatic hydroxyl groups excluding tert-OH is 2. The fraction of sp³-hybridized carbons (Fsp3) is 0.875. The maximum atomic E-state index is 12.6. The third kappa shape index (κ3) is 70.9. The highest BCUT2D eigenvalue weighted by Gasteiger charge is 2.20. The van der Waals surface area contributed by atoms with Crippen molar-refractivity contribution in [3.63, 3.8) is 0 Å². The Hall–Kier alpha value is -2.18. The van der Waals surface area contributed by atoms with Gasteiger partial charge in [0.2, 0.25) is 5.91 Å². The number of hydrogen-bond donors (Lipinski definition) is 3. The predicted octanol–water partition coefficient (Wildman–Crippen LogP) is 25.6. The second-order valence-corrected chi connectivity index (χ2v) is 26.7. The van der Waals surface area contributed by atoms with E-state index < -0.39 is 12.1 Å². The van der Waals surface area contributed by atoms with Gasteiger partial charge in [0.25, 0.3) is 0 Å². The lowest BCUT2D eigenvalue weighted by atomic mass is 10.0. The van der Waals surface area contributed by atoms with E-state index in [-0.39, 0.29) is 18.5 Å². The van der Waals surface area contributed by atoms with Gasteiger partial charge in [0.1, 0.15) is 0 Å². The van der Waals surface area contributed by atoms with Gasteiger partial charge in [-0.2, -0.15) is 0 Å². The van der Waals surface area contributed by atoms with Gasteiger partial charge in [-0.1, -0.05) is 371 Å². The molecular weight excluding hydrogens is 1050 g/mol. The van der Waals surface area contributed by atoms with E-state index in [1.807, 2.05) is 0 Å². The number of aliphatic hydroxyl groups is 2. The molecule has 0 aromatic heterocycles. The molecule has 0 aromatic rings. The van der Waals surface area contributed by atoms with E-state index in [1.165, 1.54) is 334 Å². The predicted molar refractivity (Wildman–Crippen MR) is 379 cm³/mol. The lowest BCUT2D eigenvalue weighted by Gasteiger charge is -2.22. The van der Waals surface area contributed by atoms with Crippen LogP contribution in [-0.2, 0) is 14.3 Å². The maximum Gasteiger partial charge on any atom is 0.305 e. The van der Waals surface area contributed by atoms with Gasteiger partial charge in [-0.25, -0.2) is 0 Å². The minimum atomic E-state index is -0.668. The molecule has 2 unspecified atom stereocenters. The first-order valence-corrected chi connectivity index (χ1v) is 38.9. The Labute approximate surface area is 537 Å². The van der Waals surface area contributed by atoms with Crippen molar-refractivity contribution >= 4 is 11.9 Å². The van der Waals surface area contributed by atoms with Crippen LogP contribution in [0.5, 0.6) is 0 Å². The second kappa shape index (κ2) is 75.3. The molecule has 2 atom stereocenters. The van der Waals surface area contributed by atoms with Crippen LogP contribution in [0, 0.1) is 0 Å². The van der Waals surface area contributed by atoms with E-state index >= 15 is 0 Å². The summed E-state index contributed by atoms with van der Waals surface area (Å²) in [5.41, 5.74) is 0. The van der Waals surface area contributed by atoms with Crippen LogP contribution >= 0.6 is 0 Å². The number of hydrogen-bond acceptors (Lipinski definition) is 5. The molecule has 0 aromatic carbocycles. The smallest absolute Gasteiger partial charge is 0.305 e. The molecule has 0 bridgehead atoms. The Morgan fingerprint density at radius 1 is 0.326 bits per heavy atom. The first-order chi connectivity index (χ1) is 42.5. The molecule has 3 N–H and O–H groups in total. The van der Waals surface area contributed by atoms with Crippen LogP contribution in [0.3, 0.4) is 0 Å². The minimum Gasteiger partial charge on any atom is -0.466 e. The summed E-state index contributed by atoms with van der Waals surface area (Å²) >= 11 is 0. The number of ether oxygens (including phenoxy) is 1. The summed E-state index contributed by atoms with van der Waals surface area (Å²) in [5.74, 6) is -0.0324. The first-order valence-electron chi connectivity index (χ1n) is 38.9. The van der Waals surface area contributed by atoms with Gasteiger partial charge < -0.3 is 20.3 Å². The Morgan fingerprint density at radius 2 is 0.581 bits per heavy atom. The molecule has 6 nitrogen and oxygen atoms in total. The van der Waals surface area contributed by atoms with Crippen LogP contribution < -0.4 is 5.32 Å². The Bertz CT molecular complexity index is 1440. The molecule has 0 saturated heterocycles. The third-order valence-corrected chi connectivity index (χ3v) is 18.1. The Kier molecular flexibility index (Phi) is 73.4. The van der Waals surface area contributed by atoms with E-state index in [0.29, 0.717) is 25.9 Å². The van der Waals surface area contributed by atoms with Crippen molar-refractivity contribution in [3.8, 4) is 0 Å². The van der Waals surface area contributed by atoms with E-state index in [2.05, 4.69) is 67.8 Å². The lowest BCUT2D eigenvalue weighted by molar-refractivity contribution is -0.143. The fourth-order valence-electron chi connectivity index (χ4n) is 12.2. The summed E-state index contributed by atoms with van der Waals surface area (Å²) < 4.78 is 5.49. The van der Waals surface area contributed by atoms with Gasteiger partial charge >= 0.3 is 5.97 Å². The van der Waals surface area contributed by atoms with Crippen molar-refractivity contribution in [1.29, 1.82) is 0 Å². The summed E-state index contributed by atoms with van der Waals surface area (Å²) in [5, 5.41) is 23.5. The highest BCUT2D eigenvalue weighted by molar-refractivity contribution is 5.76. The van der Waals surface area contributed by atoms with Gasteiger partial charge in [-0.3, -0.25) is 9.59 Å². The van der Waals surface area contributed by atoms with E-state index in [9.17, 15) is 19.8 Å². The van der Waals surface area contributed by atoms with Crippen LogP contribution in [0.25, 0.3) is 0 Å². The molecule has 0 aliphatic carbocycles. The summed E-state index contributed by atoms with van der Waals surface area (Å²) in [6.07, 6.45) is 99.0. The molecule has 0 rings (SSSR count). The molecule has 0 fully saturated rings. The quantitative estimate of drug-likeness (QED) is 0.0320. The second-order valence-electron chi connectivity index (χ2n) is 26.7. The molecule has 86 heavy (non-hydrogen) atoms. The molecule has 0 heterocycles. The van der Waals surface area contributed by atoms with Gasteiger partial charge in [0, 0.05) is 12.8 Å². The number of carbonyl (C=O) groups excluding carboxylic acids is 2. The molecule has 6 heteroatoms. The van der Waals surface area contributed by atoms with E-state index in [1.54, 1.807) is 0 Å². The number of unbranched alkanes of at least 4 members (excludes halogenated alkanes) is 54. The number of nitrogens with one attached hydrogen (secondary N) is 1. The van der Waals surface area contributed by atoms with Gasteiger partial charge in [-0.15, -0.1) is 0 Å². The lowest BCUT2D eigenvalue weighted by Crippen LogP contribution is -2.45. The summed E-state index contributed by atoms with van der Waals surface area (Å²) in [7, 11) is 0. The normalized spacial score (nSPS) is 12.7. The molecule has 1 amide bonds. The Morgan fingerprint density at radius 3 is 0.895 bits per heavy atom. The van der Waals surface area contributed by atoms with Crippen molar-refractivity contribution in [2.45, 2.75) is 437 Å². The topological polar surface area (TPSA) is 95.9 Å². The first kappa shape index (κ1) is 83.8. The SMILES string of the molecule is CCCCCC/C=C\C/C=C\CCCCCCCC(=O)OCCCCCCCCCCC/C=C\C/C=C\CCCCCCCCCCCCCCCC(=O)NC(CO)C(O)CCCCCCCCCCCCCCCCCCCCCCCCCC. The zero-order valence-electron chi connectivity index (χ0n) is 58.1.